The summed E-state index contributed by atoms with van der Waals surface area (Å²) in [6, 6.07) is 19.7. The molecule has 4 rings (SSSR count). The van der Waals surface area contributed by atoms with Crippen LogP contribution in [-0.4, -0.2) is 24.7 Å². The lowest BCUT2D eigenvalue weighted by molar-refractivity contribution is 0.0949. The third-order valence-electron chi connectivity index (χ3n) is 5.12. The number of fused-ring (bicyclic) bond motifs is 1. The number of aryl methyl sites for hydroxylation is 1. The number of ether oxygens (including phenoxy) is 1. The first kappa shape index (κ1) is 22.1. The minimum absolute atomic E-state index is 0.0552. The summed E-state index contributed by atoms with van der Waals surface area (Å²) in [5, 5.41) is 13.4. The molecule has 0 saturated heterocycles. The molecule has 4 aromatic rings. The number of phenols is 1. The minimum atomic E-state index is -0.319. The Balaban J connectivity index is 1.58. The first-order chi connectivity index (χ1) is 16.0. The molecule has 1 aromatic heterocycles. The van der Waals surface area contributed by atoms with Crippen molar-refractivity contribution in [2.75, 3.05) is 13.7 Å². The van der Waals surface area contributed by atoms with Gasteiger partial charge in [0.15, 0.2) is 0 Å². The van der Waals surface area contributed by atoms with E-state index >= 15 is 0 Å². The first-order valence-electron chi connectivity index (χ1n) is 10.5. The van der Waals surface area contributed by atoms with Crippen LogP contribution in [-0.2, 0) is 6.42 Å². The van der Waals surface area contributed by atoms with Crippen molar-refractivity contribution in [3.05, 3.63) is 95.3 Å². The van der Waals surface area contributed by atoms with Gasteiger partial charge in [-0.25, -0.2) is 9.38 Å². The zero-order valence-electron chi connectivity index (χ0n) is 18.0. The Hall–Kier alpha value is -4.13. The number of nitrogens with zero attached hydrogens (tertiary/aromatic N) is 1. The van der Waals surface area contributed by atoms with Crippen LogP contribution in [0.3, 0.4) is 0 Å². The first-order valence-corrected chi connectivity index (χ1v) is 10.5. The highest BCUT2D eigenvalue weighted by Gasteiger charge is 2.13. The smallest absolute Gasteiger partial charge is 0.256 e. The van der Waals surface area contributed by atoms with Gasteiger partial charge in [0.05, 0.1) is 12.8 Å². The number of amides is 1. The number of benzene rings is 3. The van der Waals surface area contributed by atoms with Gasteiger partial charge in [-0.3, -0.25) is 4.79 Å². The van der Waals surface area contributed by atoms with Crippen molar-refractivity contribution >= 4 is 22.6 Å². The Morgan fingerprint density at radius 1 is 1.06 bits per heavy atom. The molecule has 7 heteroatoms. The number of hydrogen-bond donors (Lipinski definition) is 2. The molecule has 0 fully saturated rings. The average molecular weight is 446 g/mol. The second-order valence-electron chi connectivity index (χ2n) is 7.48. The van der Waals surface area contributed by atoms with E-state index in [1.165, 1.54) is 24.3 Å². The molecular weight excluding hydrogens is 423 g/mol. The highest BCUT2D eigenvalue weighted by Crippen LogP contribution is 2.21. The second kappa shape index (κ2) is 9.99. The Kier molecular flexibility index (Phi) is 6.69. The summed E-state index contributed by atoms with van der Waals surface area (Å²) in [5.74, 6) is 0.154. The molecule has 0 atom stereocenters. The minimum Gasteiger partial charge on any atom is -0.508 e. The van der Waals surface area contributed by atoms with E-state index in [-0.39, 0.29) is 28.6 Å². The maximum absolute atomic E-state index is 13.0. The summed E-state index contributed by atoms with van der Waals surface area (Å²) in [6.45, 7) is 0.436. The predicted molar refractivity (Wildman–Crippen MR) is 123 cm³/mol. The Morgan fingerprint density at radius 3 is 2.55 bits per heavy atom. The lowest BCUT2D eigenvalue weighted by Gasteiger charge is -2.08. The van der Waals surface area contributed by atoms with Crippen LogP contribution >= 0.6 is 0 Å². The number of halogens is 1. The van der Waals surface area contributed by atoms with E-state index in [1.807, 2.05) is 0 Å². The molecule has 0 aliphatic heterocycles. The molecule has 0 unspecified atom stereocenters. The second-order valence-corrected chi connectivity index (χ2v) is 7.48. The monoisotopic (exact) mass is 446 g/mol. The zero-order valence-corrected chi connectivity index (χ0v) is 18.0. The molecule has 0 saturated carbocycles. The number of rotatable bonds is 7. The average Bonchev–Trinajstić information content (AvgIpc) is 2.83. The van der Waals surface area contributed by atoms with Crippen LogP contribution in [0.15, 0.2) is 82.2 Å². The lowest BCUT2D eigenvalue weighted by Crippen LogP contribution is -2.29. The van der Waals surface area contributed by atoms with Gasteiger partial charge in [-0.1, -0.05) is 12.1 Å². The van der Waals surface area contributed by atoms with Crippen LogP contribution in [0.2, 0.25) is 0 Å². The zero-order chi connectivity index (χ0) is 23.2. The van der Waals surface area contributed by atoms with Crippen LogP contribution in [0.5, 0.6) is 11.5 Å². The van der Waals surface area contributed by atoms with E-state index in [4.69, 9.17) is 9.15 Å². The summed E-state index contributed by atoms with van der Waals surface area (Å²) >= 11 is 0. The Morgan fingerprint density at radius 2 is 1.82 bits per heavy atom. The number of phenolic OH excluding ortho intramolecular Hbond substituents is 1. The Labute approximate surface area is 190 Å². The fourth-order valence-electron chi connectivity index (χ4n) is 3.37. The van der Waals surface area contributed by atoms with E-state index in [2.05, 4.69) is 10.3 Å². The van der Waals surface area contributed by atoms with Crippen LogP contribution in [0.1, 0.15) is 22.3 Å². The number of hydrogen-bond acceptors (Lipinski definition) is 5. The molecular formula is C26H23FN2O4. The fraction of sp³-hybridized carbons (Fsp3) is 0.154. The van der Waals surface area contributed by atoms with Gasteiger partial charge in [0.1, 0.15) is 28.5 Å². The molecule has 3 aromatic carbocycles. The normalized spacial score (nSPS) is 11.5. The molecule has 1 amide bonds. The molecule has 0 aliphatic carbocycles. The van der Waals surface area contributed by atoms with E-state index < -0.39 is 0 Å². The summed E-state index contributed by atoms with van der Waals surface area (Å²) in [7, 11) is 1.58. The van der Waals surface area contributed by atoms with Gasteiger partial charge in [-0.05, 0) is 73.0 Å². The van der Waals surface area contributed by atoms with Gasteiger partial charge in [-0.2, -0.15) is 0 Å². The molecule has 0 aliphatic rings. The van der Waals surface area contributed by atoms with Gasteiger partial charge in [0.25, 0.3) is 5.91 Å². The third kappa shape index (κ3) is 5.57. The highest BCUT2D eigenvalue weighted by atomic mass is 19.1. The predicted octanol–water partition coefficient (Wildman–Crippen LogP) is 4.88. The topological polar surface area (TPSA) is 84.1 Å². The summed E-state index contributed by atoms with van der Waals surface area (Å²) in [4.78, 5) is 17.5. The van der Waals surface area contributed by atoms with Crippen molar-refractivity contribution in [2.45, 2.75) is 12.8 Å². The van der Waals surface area contributed by atoms with Gasteiger partial charge >= 0.3 is 0 Å². The van der Waals surface area contributed by atoms with Crippen LogP contribution in [0.4, 0.5) is 10.1 Å². The van der Waals surface area contributed by atoms with Crippen molar-refractivity contribution < 1.29 is 23.4 Å². The number of carbonyl (C=O) groups excluding carboxylic acids is 1. The SMILES string of the molecule is COc1ccc(N=c2oc3cc(O)ccc3cc2C(=O)NCCCc2ccc(F)cc2)cc1. The quantitative estimate of drug-likeness (QED) is 0.396. The van der Waals surface area contributed by atoms with E-state index in [9.17, 15) is 14.3 Å². The third-order valence-corrected chi connectivity index (χ3v) is 5.12. The van der Waals surface area contributed by atoms with Crippen molar-refractivity contribution in [3.63, 3.8) is 0 Å². The molecule has 33 heavy (non-hydrogen) atoms. The lowest BCUT2D eigenvalue weighted by atomic mass is 10.1. The van der Waals surface area contributed by atoms with Crippen LogP contribution < -0.4 is 15.6 Å². The van der Waals surface area contributed by atoms with Gasteiger partial charge in [0.2, 0.25) is 5.55 Å². The largest absolute Gasteiger partial charge is 0.508 e. The summed E-state index contributed by atoms with van der Waals surface area (Å²) < 4.78 is 24.1. The van der Waals surface area contributed by atoms with Gasteiger partial charge in [0, 0.05) is 18.0 Å². The van der Waals surface area contributed by atoms with Crippen molar-refractivity contribution in [1.82, 2.24) is 5.32 Å². The number of nitrogens with one attached hydrogen (secondary N) is 1. The standard InChI is InChI=1S/C26H23FN2O4/c1-32-22-12-9-20(10-13-22)29-26-23(15-18-6-11-21(30)16-24(18)33-26)25(31)28-14-2-3-17-4-7-19(27)8-5-17/h4-13,15-16,30H,2-3,14H2,1H3,(H,28,31). The summed E-state index contributed by atoms with van der Waals surface area (Å²) in [6.07, 6.45) is 1.41. The van der Waals surface area contributed by atoms with Gasteiger partial charge < -0.3 is 19.6 Å². The number of carbonyl (C=O) groups is 1. The van der Waals surface area contributed by atoms with Gasteiger partial charge in [-0.15, -0.1) is 0 Å². The van der Waals surface area contributed by atoms with Crippen LogP contribution in [0.25, 0.3) is 11.0 Å². The van der Waals surface area contributed by atoms with Crippen LogP contribution in [0, 0.1) is 5.82 Å². The number of methoxy groups -OCH3 is 1. The van der Waals surface area contributed by atoms with E-state index in [0.717, 1.165) is 5.56 Å². The molecule has 1 heterocycles. The summed E-state index contributed by atoms with van der Waals surface area (Å²) in [5.41, 5.74) is 2.42. The molecule has 6 nitrogen and oxygen atoms in total. The molecule has 2 N–H and O–H groups in total. The maximum atomic E-state index is 13.0. The van der Waals surface area contributed by atoms with Crippen molar-refractivity contribution in [3.8, 4) is 11.5 Å². The number of aromatic hydroxyl groups is 1. The van der Waals surface area contributed by atoms with Crippen molar-refractivity contribution in [1.29, 1.82) is 0 Å². The molecule has 0 spiro atoms. The van der Waals surface area contributed by atoms with E-state index in [1.54, 1.807) is 55.6 Å². The van der Waals surface area contributed by atoms with Crippen molar-refractivity contribution in [2.24, 2.45) is 4.99 Å². The highest BCUT2D eigenvalue weighted by molar-refractivity contribution is 5.96. The molecule has 168 valence electrons. The Bertz CT molecular complexity index is 1330. The molecule has 0 radical (unpaired) electrons. The molecule has 0 bridgehead atoms. The maximum Gasteiger partial charge on any atom is 0.256 e. The fourth-order valence-corrected chi connectivity index (χ4v) is 3.37. The van der Waals surface area contributed by atoms with E-state index in [0.29, 0.717) is 41.8 Å².